The highest BCUT2D eigenvalue weighted by molar-refractivity contribution is 7.89. The van der Waals surface area contributed by atoms with Crippen LogP contribution in [0.25, 0.3) is 0 Å². The molecule has 1 aromatic rings. The summed E-state index contributed by atoms with van der Waals surface area (Å²) in [6.45, 7) is 1.49. The molecule has 1 aliphatic heterocycles. The molecule has 0 unspecified atom stereocenters. The van der Waals surface area contributed by atoms with Crippen molar-refractivity contribution in [3.8, 4) is 5.75 Å². The number of rotatable bonds is 5. The number of amides is 1. The Morgan fingerprint density at radius 1 is 1.20 bits per heavy atom. The monoisotopic (exact) mass is 370 g/mol. The van der Waals surface area contributed by atoms with Crippen molar-refractivity contribution >= 4 is 21.9 Å². The van der Waals surface area contributed by atoms with Gasteiger partial charge in [0.25, 0.3) is 0 Å². The van der Waals surface area contributed by atoms with Gasteiger partial charge in [-0.2, -0.15) is 4.31 Å². The molecule has 1 fully saturated rings. The average Bonchev–Trinajstić information content (AvgIpc) is 2.60. The van der Waals surface area contributed by atoms with Crippen LogP contribution < -0.4 is 10.1 Å². The molecule has 0 saturated carbocycles. The number of carbonyl (C=O) groups excluding carboxylic acids is 2. The Morgan fingerprint density at radius 2 is 1.84 bits per heavy atom. The molecule has 1 aromatic carbocycles. The van der Waals surface area contributed by atoms with Gasteiger partial charge in [0, 0.05) is 19.5 Å². The van der Waals surface area contributed by atoms with Crippen molar-refractivity contribution in [3.05, 3.63) is 24.3 Å². The van der Waals surface area contributed by atoms with Gasteiger partial charge in [-0.25, -0.2) is 8.42 Å². The molecule has 8 nitrogen and oxygen atoms in total. The fourth-order valence-electron chi connectivity index (χ4n) is 2.88. The SMILES string of the molecule is COC(=O)[C@H]1C[C@H](NC(C)=O)CCN1S(=O)(=O)c1ccc(OC)cc1. The van der Waals surface area contributed by atoms with Crippen LogP contribution >= 0.6 is 0 Å². The van der Waals surface area contributed by atoms with E-state index in [1.807, 2.05) is 0 Å². The van der Waals surface area contributed by atoms with Crippen LogP contribution in [0, 0.1) is 0 Å². The first-order valence-electron chi connectivity index (χ1n) is 7.80. The maximum Gasteiger partial charge on any atom is 0.324 e. The highest BCUT2D eigenvalue weighted by atomic mass is 32.2. The van der Waals surface area contributed by atoms with Crippen molar-refractivity contribution in [2.75, 3.05) is 20.8 Å². The van der Waals surface area contributed by atoms with Gasteiger partial charge in [-0.1, -0.05) is 0 Å². The second-order valence-electron chi connectivity index (χ2n) is 5.75. The topological polar surface area (TPSA) is 102 Å². The molecule has 2 rings (SSSR count). The number of hydrogen-bond donors (Lipinski definition) is 1. The maximum absolute atomic E-state index is 12.9. The average molecular weight is 370 g/mol. The first-order chi connectivity index (χ1) is 11.8. The summed E-state index contributed by atoms with van der Waals surface area (Å²) in [5.41, 5.74) is 0. The van der Waals surface area contributed by atoms with E-state index in [9.17, 15) is 18.0 Å². The molecule has 0 bridgehead atoms. The molecule has 1 amide bonds. The van der Waals surface area contributed by atoms with Gasteiger partial charge in [-0.15, -0.1) is 0 Å². The van der Waals surface area contributed by atoms with E-state index in [1.54, 1.807) is 12.1 Å². The standard InChI is InChI=1S/C16H22N2O6S/c1-11(19)17-12-8-9-18(15(10-12)16(20)24-3)25(21,22)14-6-4-13(23-2)5-7-14/h4-7,12,15H,8-10H2,1-3H3,(H,17,19)/t12-,15-/m1/s1. The van der Waals surface area contributed by atoms with E-state index in [2.05, 4.69) is 5.32 Å². The number of benzene rings is 1. The van der Waals surface area contributed by atoms with Crippen LogP contribution in [0.3, 0.4) is 0 Å². The third-order valence-corrected chi connectivity index (χ3v) is 6.02. The summed E-state index contributed by atoms with van der Waals surface area (Å²) in [5, 5.41) is 2.73. The smallest absolute Gasteiger partial charge is 0.324 e. The first kappa shape index (κ1) is 19.2. The highest BCUT2D eigenvalue weighted by Crippen LogP contribution is 2.27. The molecule has 0 aromatic heterocycles. The van der Waals surface area contributed by atoms with E-state index in [4.69, 9.17) is 9.47 Å². The number of methoxy groups -OCH3 is 2. The summed E-state index contributed by atoms with van der Waals surface area (Å²) >= 11 is 0. The second-order valence-corrected chi connectivity index (χ2v) is 7.64. The lowest BCUT2D eigenvalue weighted by Crippen LogP contribution is -2.54. The quantitative estimate of drug-likeness (QED) is 0.759. The van der Waals surface area contributed by atoms with Crippen LogP contribution in [0.2, 0.25) is 0 Å². The number of carbonyl (C=O) groups is 2. The molecule has 25 heavy (non-hydrogen) atoms. The number of piperidine rings is 1. The van der Waals surface area contributed by atoms with Gasteiger partial charge >= 0.3 is 5.97 Å². The van der Waals surface area contributed by atoms with Crippen LogP contribution in [-0.2, 0) is 24.3 Å². The predicted molar refractivity (Wildman–Crippen MR) is 89.5 cm³/mol. The normalized spacial score (nSPS) is 21.4. The van der Waals surface area contributed by atoms with E-state index in [1.165, 1.54) is 33.3 Å². The van der Waals surface area contributed by atoms with Crippen molar-refractivity contribution < 1.29 is 27.5 Å². The number of nitrogens with zero attached hydrogens (tertiary/aromatic N) is 1. The van der Waals surface area contributed by atoms with E-state index in [0.717, 1.165) is 4.31 Å². The Labute approximate surface area is 147 Å². The van der Waals surface area contributed by atoms with E-state index in [-0.39, 0.29) is 29.8 Å². The van der Waals surface area contributed by atoms with E-state index in [0.29, 0.717) is 12.2 Å². The Hall–Kier alpha value is -2.13. The van der Waals surface area contributed by atoms with Crippen molar-refractivity contribution in [2.45, 2.75) is 36.7 Å². The number of ether oxygens (including phenoxy) is 2. The second kappa shape index (κ2) is 7.83. The minimum absolute atomic E-state index is 0.0696. The lowest BCUT2D eigenvalue weighted by molar-refractivity contribution is -0.146. The van der Waals surface area contributed by atoms with Gasteiger partial charge in [0.15, 0.2) is 0 Å². The summed E-state index contributed by atoms with van der Waals surface area (Å²) in [7, 11) is -1.18. The summed E-state index contributed by atoms with van der Waals surface area (Å²) in [5.74, 6) is -0.333. The molecule has 1 heterocycles. The summed E-state index contributed by atoms with van der Waals surface area (Å²) < 4.78 is 36.8. The zero-order valence-electron chi connectivity index (χ0n) is 14.4. The lowest BCUT2D eigenvalue weighted by atomic mass is 9.99. The first-order valence-corrected chi connectivity index (χ1v) is 9.24. The van der Waals surface area contributed by atoms with Gasteiger partial charge < -0.3 is 14.8 Å². The van der Waals surface area contributed by atoms with Crippen molar-refractivity contribution in [1.29, 1.82) is 0 Å². The maximum atomic E-state index is 12.9. The largest absolute Gasteiger partial charge is 0.497 e. The summed E-state index contributed by atoms with van der Waals surface area (Å²) in [4.78, 5) is 23.4. The molecule has 1 saturated heterocycles. The van der Waals surface area contributed by atoms with Crippen LogP contribution in [0.1, 0.15) is 19.8 Å². The Balaban J connectivity index is 2.30. The Kier molecular flexibility index (Phi) is 6.02. The molecule has 1 aliphatic rings. The Morgan fingerprint density at radius 3 is 2.36 bits per heavy atom. The minimum atomic E-state index is -3.88. The van der Waals surface area contributed by atoms with Crippen LogP contribution in [0.15, 0.2) is 29.2 Å². The molecule has 1 N–H and O–H groups in total. The van der Waals surface area contributed by atoms with Crippen molar-refractivity contribution in [2.24, 2.45) is 0 Å². The number of sulfonamides is 1. The molecule has 9 heteroatoms. The zero-order valence-corrected chi connectivity index (χ0v) is 15.2. The molecular formula is C16H22N2O6S. The third kappa shape index (κ3) is 4.29. The van der Waals surface area contributed by atoms with Gasteiger partial charge in [0.05, 0.1) is 19.1 Å². The molecule has 2 atom stereocenters. The van der Waals surface area contributed by atoms with Crippen LogP contribution in [-0.4, -0.2) is 57.4 Å². The van der Waals surface area contributed by atoms with Gasteiger partial charge in [0.1, 0.15) is 11.8 Å². The fraction of sp³-hybridized carbons (Fsp3) is 0.500. The third-order valence-electron chi connectivity index (χ3n) is 4.10. The fourth-order valence-corrected chi connectivity index (χ4v) is 4.49. The van der Waals surface area contributed by atoms with Crippen molar-refractivity contribution in [1.82, 2.24) is 9.62 Å². The molecule has 0 radical (unpaired) electrons. The zero-order chi connectivity index (χ0) is 18.6. The summed E-state index contributed by atoms with van der Waals surface area (Å²) in [6, 6.07) is 4.70. The van der Waals surface area contributed by atoms with E-state index < -0.39 is 22.0 Å². The van der Waals surface area contributed by atoms with Crippen molar-refractivity contribution in [3.63, 3.8) is 0 Å². The molecular weight excluding hydrogens is 348 g/mol. The number of nitrogens with one attached hydrogen (secondary N) is 1. The summed E-state index contributed by atoms with van der Waals surface area (Å²) in [6.07, 6.45) is 0.587. The van der Waals surface area contributed by atoms with Gasteiger partial charge in [0.2, 0.25) is 15.9 Å². The van der Waals surface area contributed by atoms with Crippen LogP contribution in [0.5, 0.6) is 5.75 Å². The number of hydrogen-bond acceptors (Lipinski definition) is 6. The molecule has 138 valence electrons. The lowest BCUT2D eigenvalue weighted by Gasteiger charge is -2.36. The predicted octanol–water partition coefficient (Wildman–Crippen LogP) is 0.526. The number of esters is 1. The molecule has 0 aliphatic carbocycles. The molecule has 0 spiro atoms. The van der Waals surface area contributed by atoms with Gasteiger partial charge in [-0.05, 0) is 37.1 Å². The highest BCUT2D eigenvalue weighted by Gasteiger charge is 2.41. The van der Waals surface area contributed by atoms with Crippen LogP contribution in [0.4, 0.5) is 0 Å². The van der Waals surface area contributed by atoms with E-state index >= 15 is 0 Å². The minimum Gasteiger partial charge on any atom is -0.497 e. The van der Waals surface area contributed by atoms with Gasteiger partial charge in [-0.3, -0.25) is 9.59 Å². The Bertz CT molecular complexity index is 731.